The Morgan fingerprint density at radius 1 is 1.42 bits per heavy atom. The second kappa shape index (κ2) is 6.39. The Morgan fingerprint density at radius 2 is 2.05 bits per heavy atom. The number of nitrogens with one attached hydrogen (secondary N) is 1. The Bertz CT molecular complexity index is 498. The molecule has 0 spiro atoms. The molecular formula is C13H19ClN2O2S. The van der Waals surface area contributed by atoms with E-state index in [1.807, 2.05) is 20.8 Å². The van der Waals surface area contributed by atoms with Crippen molar-refractivity contribution < 1.29 is 9.00 Å². The first-order chi connectivity index (χ1) is 8.70. The first-order valence-electron chi connectivity index (χ1n) is 5.93. The molecule has 1 amide bonds. The van der Waals surface area contributed by atoms with Gasteiger partial charge in [0.05, 0.1) is 10.7 Å². The molecule has 0 heterocycles. The smallest absolute Gasteiger partial charge is 0.225 e. The Balaban J connectivity index is 2.52. The molecule has 3 N–H and O–H groups in total. The lowest BCUT2D eigenvalue weighted by atomic mass is 10.2. The first-order valence-corrected chi connectivity index (χ1v) is 7.63. The van der Waals surface area contributed by atoms with Crippen LogP contribution in [0.15, 0.2) is 18.2 Å². The summed E-state index contributed by atoms with van der Waals surface area (Å²) in [5.74, 6) is 0.164. The normalized spacial score (nSPS) is 13.1. The van der Waals surface area contributed by atoms with Gasteiger partial charge in [-0.05, 0) is 39.0 Å². The molecule has 1 atom stereocenters. The van der Waals surface area contributed by atoms with Crippen molar-refractivity contribution in [1.82, 2.24) is 0 Å². The van der Waals surface area contributed by atoms with Crippen LogP contribution in [0.5, 0.6) is 0 Å². The van der Waals surface area contributed by atoms with Crippen molar-refractivity contribution in [1.29, 1.82) is 0 Å². The molecule has 0 aromatic heterocycles. The molecule has 6 heteroatoms. The number of amides is 1. The molecule has 19 heavy (non-hydrogen) atoms. The molecule has 0 saturated heterocycles. The fourth-order valence-electron chi connectivity index (χ4n) is 1.34. The number of nitrogen functional groups attached to an aromatic ring is 1. The molecule has 1 aromatic carbocycles. The van der Waals surface area contributed by atoms with E-state index < -0.39 is 10.8 Å². The van der Waals surface area contributed by atoms with Gasteiger partial charge in [0.2, 0.25) is 5.91 Å². The van der Waals surface area contributed by atoms with Crippen molar-refractivity contribution in [3.8, 4) is 0 Å². The van der Waals surface area contributed by atoms with Crippen LogP contribution in [0.3, 0.4) is 0 Å². The van der Waals surface area contributed by atoms with Gasteiger partial charge in [0, 0.05) is 33.4 Å². The summed E-state index contributed by atoms with van der Waals surface area (Å²) >= 11 is 5.79. The van der Waals surface area contributed by atoms with Crippen LogP contribution in [0.4, 0.5) is 11.4 Å². The third-order valence-corrected chi connectivity index (χ3v) is 4.76. The topological polar surface area (TPSA) is 72.2 Å². The van der Waals surface area contributed by atoms with E-state index in [-0.39, 0.29) is 17.1 Å². The van der Waals surface area contributed by atoms with E-state index in [0.717, 1.165) is 0 Å². The molecule has 106 valence electrons. The second-order valence-electron chi connectivity index (χ2n) is 5.20. The lowest BCUT2D eigenvalue weighted by molar-refractivity contribution is -0.115. The van der Waals surface area contributed by atoms with Crippen molar-refractivity contribution in [2.45, 2.75) is 31.9 Å². The van der Waals surface area contributed by atoms with Crippen LogP contribution in [0.25, 0.3) is 0 Å². The van der Waals surface area contributed by atoms with Crippen molar-refractivity contribution >= 4 is 39.7 Å². The average molecular weight is 303 g/mol. The number of carbonyl (C=O) groups is 1. The van der Waals surface area contributed by atoms with Gasteiger partial charge >= 0.3 is 0 Å². The molecule has 1 unspecified atom stereocenters. The van der Waals surface area contributed by atoms with E-state index in [9.17, 15) is 9.00 Å². The molecule has 0 aliphatic carbocycles. The van der Waals surface area contributed by atoms with Crippen LogP contribution in [-0.4, -0.2) is 20.6 Å². The molecule has 0 bridgehead atoms. The number of rotatable bonds is 4. The molecule has 4 nitrogen and oxygen atoms in total. The summed E-state index contributed by atoms with van der Waals surface area (Å²) in [6.07, 6.45) is 0.215. The summed E-state index contributed by atoms with van der Waals surface area (Å²) in [7, 11) is -1.03. The Morgan fingerprint density at radius 3 is 2.58 bits per heavy atom. The minimum atomic E-state index is -1.03. The molecule has 0 fully saturated rings. The van der Waals surface area contributed by atoms with Crippen LogP contribution in [0.1, 0.15) is 27.2 Å². The first kappa shape index (κ1) is 16.0. The standard InChI is InChI=1S/C13H19ClN2O2S/c1-13(2,3)19(18)7-6-12(17)16-9-4-5-10(14)11(15)8-9/h4-5,8H,6-7,15H2,1-3H3,(H,16,17). The number of nitrogens with two attached hydrogens (primary N) is 1. The summed E-state index contributed by atoms with van der Waals surface area (Å²) in [4.78, 5) is 11.7. The number of halogens is 1. The van der Waals surface area contributed by atoms with Gasteiger partial charge in [-0.1, -0.05) is 11.6 Å². The van der Waals surface area contributed by atoms with Crippen LogP contribution in [-0.2, 0) is 15.6 Å². The van der Waals surface area contributed by atoms with Crippen molar-refractivity contribution in [2.24, 2.45) is 0 Å². The van der Waals surface area contributed by atoms with Gasteiger partial charge in [0.15, 0.2) is 0 Å². The Hall–Kier alpha value is -1.07. The minimum Gasteiger partial charge on any atom is -0.397 e. The van der Waals surface area contributed by atoms with Gasteiger partial charge < -0.3 is 11.1 Å². The Kier molecular flexibility index (Phi) is 5.38. The van der Waals surface area contributed by atoms with E-state index in [1.54, 1.807) is 18.2 Å². The second-order valence-corrected chi connectivity index (χ2v) is 7.93. The number of anilines is 2. The van der Waals surface area contributed by atoms with Crippen LogP contribution >= 0.6 is 11.6 Å². The molecule has 0 aliphatic heterocycles. The minimum absolute atomic E-state index is 0.181. The average Bonchev–Trinajstić information content (AvgIpc) is 2.29. The number of benzene rings is 1. The van der Waals surface area contributed by atoms with Gasteiger partial charge in [-0.2, -0.15) is 0 Å². The lowest BCUT2D eigenvalue weighted by Crippen LogP contribution is -2.26. The number of hydrogen-bond donors (Lipinski definition) is 2. The van der Waals surface area contributed by atoms with Crippen LogP contribution in [0, 0.1) is 0 Å². The fraction of sp³-hybridized carbons (Fsp3) is 0.462. The van der Waals surface area contributed by atoms with E-state index in [2.05, 4.69) is 5.32 Å². The summed E-state index contributed by atoms with van der Waals surface area (Å²) in [6.45, 7) is 5.67. The van der Waals surface area contributed by atoms with E-state index in [1.165, 1.54) is 0 Å². The van der Waals surface area contributed by atoms with Gasteiger partial charge in [-0.15, -0.1) is 0 Å². The maximum absolute atomic E-state index is 11.8. The molecule has 1 rings (SSSR count). The molecule has 1 aromatic rings. The zero-order chi connectivity index (χ0) is 14.6. The lowest BCUT2D eigenvalue weighted by Gasteiger charge is -2.17. The fourth-order valence-corrected chi connectivity index (χ4v) is 2.44. The highest BCUT2D eigenvalue weighted by atomic mass is 35.5. The van der Waals surface area contributed by atoms with E-state index >= 15 is 0 Å². The molecule has 0 radical (unpaired) electrons. The highest BCUT2D eigenvalue weighted by Gasteiger charge is 2.19. The molecule has 0 aliphatic rings. The third-order valence-electron chi connectivity index (χ3n) is 2.48. The van der Waals surface area contributed by atoms with Crippen molar-refractivity contribution in [3.05, 3.63) is 23.2 Å². The third kappa shape index (κ3) is 5.20. The van der Waals surface area contributed by atoms with Crippen molar-refractivity contribution in [2.75, 3.05) is 16.8 Å². The highest BCUT2D eigenvalue weighted by Crippen LogP contribution is 2.22. The van der Waals surface area contributed by atoms with Crippen LogP contribution in [0.2, 0.25) is 5.02 Å². The largest absolute Gasteiger partial charge is 0.397 e. The molecule has 0 saturated carbocycles. The summed E-state index contributed by atoms with van der Waals surface area (Å²) in [5, 5.41) is 3.16. The predicted octanol–water partition coefficient (Wildman–Crippen LogP) is 2.80. The van der Waals surface area contributed by atoms with Gasteiger partial charge in [-0.3, -0.25) is 9.00 Å². The number of hydrogen-bond acceptors (Lipinski definition) is 3. The monoisotopic (exact) mass is 302 g/mol. The predicted molar refractivity (Wildman–Crippen MR) is 81.9 cm³/mol. The highest BCUT2D eigenvalue weighted by molar-refractivity contribution is 7.86. The van der Waals surface area contributed by atoms with E-state index in [0.29, 0.717) is 22.2 Å². The van der Waals surface area contributed by atoms with Crippen molar-refractivity contribution in [3.63, 3.8) is 0 Å². The van der Waals surface area contributed by atoms with Gasteiger partial charge in [0.25, 0.3) is 0 Å². The zero-order valence-electron chi connectivity index (χ0n) is 11.3. The SMILES string of the molecule is CC(C)(C)S(=O)CCC(=O)Nc1ccc(Cl)c(N)c1. The summed E-state index contributed by atoms with van der Waals surface area (Å²) in [5.41, 5.74) is 6.65. The van der Waals surface area contributed by atoms with Gasteiger partial charge in [0.1, 0.15) is 0 Å². The quantitative estimate of drug-likeness (QED) is 0.840. The van der Waals surface area contributed by atoms with Gasteiger partial charge in [-0.25, -0.2) is 0 Å². The maximum atomic E-state index is 11.8. The summed E-state index contributed by atoms with van der Waals surface area (Å²) < 4.78 is 11.5. The zero-order valence-corrected chi connectivity index (χ0v) is 12.9. The maximum Gasteiger partial charge on any atom is 0.225 e. The molecular weight excluding hydrogens is 284 g/mol. The van der Waals surface area contributed by atoms with Crippen LogP contribution < -0.4 is 11.1 Å². The summed E-state index contributed by atoms with van der Waals surface area (Å²) in [6, 6.07) is 4.90. The van der Waals surface area contributed by atoms with E-state index in [4.69, 9.17) is 17.3 Å². The number of carbonyl (C=O) groups excluding carboxylic acids is 1. The Labute approximate surface area is 121 Å².